The third kappa shape index (κ3) is 5.68. The van der Waals surface area contributed by atoms with Gasteiger partial charge in [0, 0.05) is 12.1 Å². The molecule has 0 aliphatic carbocycles. The zero-order valence-electron chi connectivity index (χ0n) is 13.1. The van der Waals surface area contributed by atoms with Crippen molar-refractivity contribution in [1.82, 2.24) is 0 Å². The predicted octanol–water partition coefficient (Wildman–Crippen LogP) is 4.16. The van der Waals surface area contributed by atoms with Gasteiger partial charge in [-0.2, -0.15) is 0 Å². The van der Waals surface area contributed by atoms with Gasteiger partial charge in [-0.3, -0.25) is 0 Å². The second-order valence-corrected chi connectivity index (χ2v) is 4.69. The van der Waals surface area contributed by atoms with Crippen molar-refractivity contribution in [3.63, 3.8) is 0 Å². The van der Waals surface area contributed by atoms with Crippen molar-refractivity contribution in [3.05, 3.63) is 42.2 Å². The molecule has 0 fully saturated rings. The summed E-state index contributed by atoms with van der Waals surface area (Å²) in [5.74, 6) is -0.946. The van der Waals surface area contributed by atoms with E-state index in [0.717, 1.165) is 12.1 Å². The summed E-state index contributed by atoms with van der Waals surface area (Å²) < 4.78 is 65.8. The second kappa shape index (κ2) is 8.77. The number of hydrogen-bond acceptors (Lipinski definition) is 4. The van der Waals surface area contributed by atoms with Gasteiger partial charge in [-0.05, 0) is 35.9 Å². The molecule has 2 aromatic carbocycles. The molecule has 0 aliphatic heterocycles. The molecule has 0 amide bonds. The minimum atomic E-state index is -4.91. The molecule has 0 saturated heterocycles. The summed E-state index contributed by atoms with van der Waals surface area (Å²) in [6, 6.07) is 7.69. The van der Waals surface area contributed by atoms with Crippen LogP contribution in [0.3, 0.4) is 0 Å². The van der Waals surface area contributed by atoms with E-state index in [-0.39, 0.29) is 42.4 Å². The van der Waals surface area contributed by atoms with E-state index in [1.807, 2.05) is 0 Å². The monoisotopic (exact) mass is 381 g/mol. The van der Waals surface area contributed by atoms with Gasteiger partial charge < -0.3 is 19.9 Å². The summed E-state index contributed by atoms with van der Waals surface area (Å²) in [6.45, 7) is 0.138. The Kier molecular flexibility index (Phi) is 7.32. The van der Waals surface area contributed by atoms with E-state index in [0.29, 0.717) is 5.75 Å². The number of methoxy groups -OCH3 is 1. The Morgan fingerprint density at radius 3 is 2.36 bits per heavy atom. The van der Waals surface area contributed by atoms with Crippen LogP contribution in [0.1, 0.15) is 0 Å². The molecule has 2 rings (SSSR count). The number of benzene rings is 2. The molecule has 0 radical (unpaired) electrons. The topological polar surface area (TPSA) is 53.7 Å². The van der Waals surface area contributed by atoms with Gasteiger partial charge in [0.1, 0.15) is 18.2 Å². The first kappa shape index (κ1) is 20.9. The summed E-state index contributed by atoms with van der Waals surface area (Å²) in [4.78, 5) is 0. The first-order valence-electron chi connectivity index (χ1n) is 6.90. The lowest BCUT2D eigenvalue weighted by atomic mass is 10.0. The van der Waals surface area contributed by atoms with Gasteiger partial charge in [0.15, 0.2) is 11.5 Å². The summed E-state index contributed by atoms with van der Waals surface area (Å²) >= 11 is 0. The summed E-state index contributed by atoms with van der Waals surface area (Å²) in [5.41, 5.74) is 5.54. The van der Waals surface area contributed by atoms with Gasteiger partial charge in [0.25, 0.3) is 0 Å². The molecule has 0 unspecified atom stereocenters. The third-order valence-electron chi connectivity index (χ3n) is 3.03. The van der Waals surface area contributed by atoms with Gasteiger partial charge >= 0.3 is 6.36 Å². The Hall–Kier alpha value is -2.19. The van der Waals surface area contributed by atoms with Crippen LogP contribution in [0.5, 0.6) is 17.2 Å². The van der Waals surface area contributed by atoms with Crippen molar-refractivity contribution in [1.29, 1.82) is 0 Å². The highest BCUT2D eigenvalue weighted by Gasteiger charge is 2.32. The minimum Gasteiger partial charge on any atom is -0.497 e. The van der Waals surface area contributed by atoms with Crippen LogP contribution in [0.2, 0.25) is 0 Å². The first-order chi connectivity index (χ1) is 11.3. The van der Waals surface area contributed by atoms with Crippen LogP contribution in [0.4, 0.5) is 17.6 Å². The van der Waals surface area contributed by atoms with E-state index < -0.39 is 17.9 Å². The molecule has 0 aliphatic rings. The van der Waals surface area contributed by atoms with Crippen LogP contribution in [-0.4, -0.2) is 26.6 Å². The molecule has 0 heterocycles. The predicted molar refractivity (Wildman–Crippen MR) is 86.9 cm³/mol. The zero-order chi connectivity index (χ0) is 17.7. The molecule has 0 saturated carbocycles. The molecular formula is C16H16ClF4NO3. The first-order valence-corrected chi connectivity index (χ1v) is 6.90. The highest BCUT2D eigenvalue weighted by Crippen LogP contribution is 2.37. The molecule has 25 heavy (non-hydrogen) atoms. The van der Waals surface area contributed by atoms with Crippen LogP contribution < -0.4 is 19.9 Å². The molecule has 9 heteroatoms. The van der Waals surface area contributed by atoms with Gasteiger partial charge in [-0.25, -0.2) is 4.39 Å². The van der Waals surface area contributed by atoms with Crippen molar-refractivity contribution in [2.75, 3.05) is 20.3 Å². The van der Waals surface area contributed by atoms with Crippen molar-refractivity contribution >= 4 is 12.4 Å². The Labute approximate surface area is 147 Å². The van der Waals surface area contributed by atoms with E-state index in [1.54, 1.807) is 0 Å². The SMILES string of the molecule is COc1ccc(F)c(-c2ccc(OCCN)c(OC(F)(F)F)c2)c1.Cl. The minimum absolute atomic E-state index is 0. The van der Waals surface area contributed by atoms with Crippen LogP contribution in [0.25, 0.3) is 11.1 Å². The van der Waals surface area contributed by atoms with Crippen LogP contribution in [0.15, 0.2) is 36.4 Å². The molecule has 2 aromatic rings. The summed E-state index contributed by atoms with van der Waals surface area (Å²) in [7, 11) is 1.40. The molecule has 2 N–H and O–H groups in total. The molecule has 138 valence electrons. The van der Waals surface area contributed by atoms with E-state index in [2.05, 4.69) is 4.74 Å². The smallest absolute Gasteiger partial charge is 0.497 e. The number of nitrogens with two attached hydrogens (primary N) is 1. The van der Waals surface area contributed by atoms with Crippen LogP contribution >= 0.6 is 12.4 Å². The fourth-order valence-electron chi connectivity index (χ4n) is 2.02. The highest BCUT2D eigenvalue weighted by atomic mass is 35.5. The lowest BCUT2D eigenvalue weighted by molar-refractivity contribution is -0.275. The fourth-order valence-corrected chi connectivity index (χ4v) is 2.02. The third-order valence-corrected chi connectivity index (χ3v) is 3.03. The Bertz CT molecular complexity index is 710. The van der Waals surface area contributed by atoms with Gasteiger partial charge in [0.2, 0.25) is 0 Å². The molecule has 0 atom stereocenters. The average Bonchev–Trinajstić information content (AvgIpc) is 2.52. The zero-order valence-corrected chi connectivity index (χ0v) is 13.9. The molecule has 0 aromatic heterocycles. The summed E-state index contributed by atoms with van der Waals surface area (Å²) in [5, 5.41) is 0. The van der Waals surface area contributed by atoms with E-state index in [1.165, 1.54) is 31.4 Å². The maximum atomic E-state index is 14.0. The number of alkyl halides is 3. The molecule has 0 bridgehead atoms. The maximum absolute atomic E-state index is 14.0. The number of ether oxygens (including phenoxy) is 3. The number of hydrogen-bond donors (Lipinski definition) is 1. The van der Waals surface area contributed by atoms with Crippen molar-refractivity contribution in [2.24, 2.45) is 5.73 Å². The quantitative estimate of drug-likeness (QED) is 0.763. The normalized spacial score (nSPS) is 10.8. The van der Waals surface area contributed by atoms with Gasteiger partial charge in [0.05, 0.1) is 7.11 Å². The van der Waals surface area contributed by atoms with Crippen LogP contribution in [0, 0.1) is 5.82 Å². The largest absolute Gasteiger partial charge is 0.573 e. The lowest BCUT2D eigenvalue weighted by Gasteiger charge is -2.15. The van der Waals surface area contributed by atoms with Gasteiger partial charge in [-0.15, -0.1) is 25.6 Å². The number of rotatable bonds is 6. The standard InChI is InChI=1S/C16H15F4NO3.ClH/c1-22-11-3-4-13(17)12(9-11)10-2-5-14(23-7-6-21)15(8-10)24-16(18,19)20;/h2-5,8-9H,6-7,21H2,1H3;1H. The van der Waals surface area contributed by atoms with E-state index in [9.17, 15) is 17.6 Å². The highest BCUT2D eigenvalue weighted by molar-refractivity contribution is 5.85. The fraction of sp³-hybridized carbons (Fsp3) is 0.250. The van der Waals surface area contributed by atoms with Crippen molar-refractivity contribution in [2.45, 2.75) is 6.36 Å². The van der Waals surface area contributed by atoms with Crippen molar-refractivity contribution < 1.29 is 31.8 Å². The maximum Gasteiger partial charge on any atom is 0.573 e. The molecule has 4 nitrogen and oxygen atoms in total. The van der Waals surface area contributed by atoms with E-state index in [4.69, 9.17) is 15.2 Å². The second-order valence-electron chi connectivity index (χ2n) is 4.69. The Morgan fingerprint density at radius 2 is 1.76 bits per heavy atom. The van der Waals surface area contributed by atoms with Crippen LogP contribution in [-0.2, 0) is 0 Å². The Morgan fingerprint density at radius 1 is 1.04 bits per heavy atom. The van der Waals surface area contributed by atoms with E-state index >= 15 is 0 Å². The van der Waals surface area contributed by atoms with Crippen molar-refractivity contribution in [3.8, 4) is 28.4 Å². The number of halogens is 5. The molecule has 0 spiro atoms. The average molecular weight is 382 g/mol. The Balaban J connectivity index is 0.00000312. The lowest BCUT2D eigenvalue weighted by Crippen LogP contribution is -2.18. The summed E-state index contributed by atoms with van der Waals surface area (Å²) in [6.07, 6.45) is -4.91. The van der Waals surface area contributed by atoms with Gasteiger partial charge in [-0.1, -0.05) is 6.07 Å². The molecular weight excluding hydrogens is 366 g/mol.